The van der Waals surface area contributed by atoms with E-state index >= 15 is 0 Å². The van der Waals surface area contributed by atoms with E-state index in [-0.39, 0.29) is 0 Å². The maximum atomic E-state index is 10.1. The predicted molar refractivity (Wildman–Crippen MR) is 107 cm³/mol. The van der Waals surface area contributed by atoms with Gasteiger partial charge in [-0.3, -0.25) is 0 Å². The van der Waals surface area contributed by atoms with Crippen molar-refractivity contribution in [1.82, 2.24) is 0 Å². The summed E-state index contributed by atoms with van der Waals surface area (Å²) in [7, 11) is 0. The molecule has 2 N–H and O–H groups in total. The number of nitrogens with two attached hydrogens (primary N) is 1. The Morgan fingerprint density at radius 3 is 1.89 bits per heavy atom. The summed E-state index contributed by atoms with van der Waals surface area (Å²) in [5, 5.41) is 12.4. The van der Waals surface area contributed by atoms with E-state index < -0.39 is 5.97 Å². The van der Waals surface area contributed by atoms with E-state index in [0.717, 1.165) is 30.3 Å². The van der Waals surface area contributed by atoms with Crippen molar-refractivity contribution in [1.29, 1.82) is 0 Å². The highest BCUT2D eigenvalue weighted by molar-refractivity contribution is 5.83. The fraction of sp³-hybridized carbons (Fsp3) is 0.125. The Bertz CT molecular complexity index is 803. The van der Waals surface area contributed by atoms with Gasteiger partial charge in [-0.25, -0.2) is 0 Å². The maximum Gasteiger partial charge on any atom is 0.101 e. The number of hydrogen-bond acceptors (Lipinski definition) is 2. The van der Waals surface area contributed by atoms with Gasteiger partial charge in [0.2, 0.25) is 0 Å². The van der Waals surface area contributed by atoms with Crippen LogP contribution in [0.1, 0.15) is 22.3 Å². The van der Waals surface area contributed by atoms with Crippen LogP contribution in [-0.2, 0) is 17.9 Å². The first kappa shape index (κ1) is 20.1. The van der Waals surface area contributed by atoms with Gasteiger partial charge >= 0.3 is 0 Å². The Morgan fingerprint density at radius 1 is 0.852 bits per heavy atom. The molecular weight excluding hydrogens is 334 g/mol. The van der Waals surface area contributed by atoms with E-state index in [9.17, 15) is 9.90 Å². The van der Waals surface area contributed by atoms with Gasteiger partial charge in [-0.1, -0.05) is 96.6 Å². The molecule has 3 rings (SSSR count). The van der Waals surface area contributed by atoms with Crippen molar-refractivity contribution in [2.45, 2.75) is 20.0 Å². The molecule has 138 valence electrons. The second-order valence-electron chi connectivity index (χ2n) is 6.23. The van der Waals surface area contributed by atoms with Crippen molar-refractivity contribution in [3.8, 4) is 0 Å². The monoisotopic (exact) mass is 359 g/mol. The fourth-order valence-electron chi connectivity index (χ4n) is 2.57. The number of carboxylic acids is 1. The van der Waals surface area contributed by atoms with Crippen LogP contribution in [0.5, 0.6) is 0 Å². The molecule has 0 radical (unpaired) electrons. The molecule has 27 heavy (non-hydrogen) atoms. The molecule has 0 aromatic heterocycles. The Balaban J connectivity index is 0.000000199. The van der Waals surface area contributed by atoms with Crippen molar-refractivity contribution in [2.75, 3.05) is 0 Å². The molecule has 3 aromatic rings. The summed E-state index contributed by atoms with van der Waals surface area (Å²) in [6, 6.07) is 28.7. The summed E-state index contributed by atoms with van der Waals surface area (Å²) >= 11 is 0. The van der Waals surface area contributed by atoms with E-state index in [2.05, 4.69) is 66.0 Å². The zero-order valence-corrected chi connectivity index (χ0v) is 15.5. The third-order valence-corrected chi connectivity index (χ3v) is 3.90. The molecule has 0 atom stereocenters. The van der Waals surface area contributed by atoms with Gasteiger partial charge in [0, 0.05) is 11.1 Å². The SMILES string of the molecule is Cc1cccc(/C=C/C(=O)[O-])c1.c1ccc(C[NH2+]Cc2ccccc2)cc1. The number of aryl methyl sites for hydroxylation is 1. The largest absolute Gasteiger partial charge is 0.545 e. The molecule has 3 heteroatoms. The zero-order valence-electron chi connectivity index (χ0n) is 15.5. The molecule has 0 unspecified atom stereocenters. The van der Waals surface area contributed by atoms with E-state index in [1.54, 1.807) is 0 Å². The Kier molecular flexibility index (Phi) is 8.54. The summed E-state index contributed by atoms with van der Waals surface area (Å²) in [4.78, 5) is 10.1. The summed E-state index contributed by atoms with van der Waals surface area (Å²) in [6.45, 7) is 4.06. The van der Waals surface area contributed by atoms with Gasteiger partial charge < -0.3 is 15.2 Å². The average Bonchev–Trinajstić information content (AvgIpc) is 2.69. The van der Waals surface area contributed by atoms with Gasteiger partial charge in [0.15, 0.2) is 0 Å². The van der Waals surface area contributed by atoms with Crippen LogP contribution in [-0.4, -0.2) is 5.97 Å². The van der Waals surface area contributed by atoms with E-state index in [1.807, 2.05) is 31.2 Å². The molecule has 0 bridgehead atoms. The summed E-state index contributed by atoms with van der Waals surface area (Å²) in [5.74, 6) is -1.17. The molecule has 0 aliphatic heterocycles. The van der Waals surface area contributed by atoms with Gasteiger partial charge in [0.1, 0.15) is 13.1 Å². The molecule has 0 aliphatic rings. The molecule has 0 heterocycles. The molecule has 0 saturated carbocycles. The van der Waals surface area contributed by atoms with Gasteiger partial charge in [0.05, 0.1) is 5.97 Å². The summed E-state index contributed by atoms with van der Waals surface area (Å²) in [5.41, 5.74) is 4.75. The van der Waals surface area contributed by atoms with Crippen LogP contribution < -0.4 is 10.4 Å². The Labute approximate surface area is 161 Å². The van der Waals surface area contributed by atoms with Gasteiger partial charge in [-0.05, 0) is 18.6 Å². The van der Waals surface area contributed by atoms with Crippen molar-refractivity contribution in [3.63, 3.8) is 0 Å². The number of benzene rings is 3. The van der Waals surface area contributed by atoms with Crippen LogP contribution in [0, 0.1) is 6.92 Å². The third kappa shape index (κ3) is 8.66. The molecule has 0 fully saturated rings. The second-order valence-corrected chi connectivity index (χ2v) is 6.23. The lowest BCUT2D eigenvalue weighted by molar-refractivity contribution is -0.686. The van der Waals surface area contributed by atoms with Crippen molar-refractivity contribution >= 4 is 12.0 Å². The Morgan fingerprint density at radius 2 is 1.41 bits per heavy atom. The smallest absolute Gasteiger partial charge is 0.101 e. The minimum absolute atomic E-state index is 0.874. The quantitative estimate of drug-likeness (QED) is 0.688. The second kappa shape index (κ2) is 11.4. The first-order valence-corrected chi connectivity index (χ1v) is 8.99. The van der Waals surface area contributed by atoms with Crippen LogP contribution in [0.2, 0.25) is 0 Å². The zero-order chi connectivity index (χ0) is 19.3. The van der Waals surface area contributed by atoms with Crippen molar-refractivity contribution < 1.29 is 15.2 Å². The molecule has 3 aromatic carbocycles. The standard InChI is InChI=1S/C14H15N.C10H10O2/c1-3-7-13(8-4-1)11-15-12-14-9-5-2-6-10-14;1-8-3-2-4-9(7-8)5-6-10(11)12/h1-10,15H,11-12H2;2-7H,1H3,(H,11,12)/b;6-5+. The highest BCUT2D eigenvalue weighted by atomic mass is 16.4. The minimum atomic E-state index is -1.17. The van der Waals surface area contributed by atoms with E-state index in [4.69, 9.17) is 0 Å². The van der Waals surface area contributed by atoms with E-state index in [0.29, 0.717) is 0 Å². The maximum absolute atomic E-state index is 10.1. The lowest BCUT2D eigenvalue weighted by Gasteiger charge is -2.01. The third-order valence-electron chi connectivity index (χ3n) is 3.90. The highest BCUT2D eigenvalue weighted by Crippen LogP contribution is 2.05. The number of hydrogen-bond donors (Lipinski definition) is 1. The van der Waals surface area contributed by atoms with Crippen LogP contribution in [0.15, 0.2) is 91.0 Å². The Hall–Kier alpha value is -3.17. The minimum Gasteiger partial charge on any atom is -0.545 e. The number of carboxylic acid groups (broad SMARTS) is 1. The molecule has 3 nitrogen and oxygen atoms in total. The van der Waals surface area contributed by atoms with Crippen LogP contribution in [0.25, 0.3) is 6.08 Å². The van der Waals surface area contributed by atoms with Crippen molar-refractivity contribution in [3.05, 3.63) is 113 Å². The highest BCUT2D eigenvalue weighted by Gasteiger charge is 1.95. The van der Waals surface area contributed by atoms with Crippen LogP contribution in [0.4, 0.5) is 0 Å². The first-order valence-electron chi connectivity index (χ1n) is 8.99. The van der Waals surface area contributed by atoms with Crippen LogP contribution in [0.3, 0.4) is 0 Å². The number of carbonyl (C=O) groups excluding carboxylic acids is 1. The first-order chi connectivity index (χ1) is 13.1. The van der Waals surface area contributed by atoms with Crippen molar-refractivity contribution in [2.24, 2.45) is 0 Å². The van der Waals surface area contributed by atoms with Crippen LogP contribution >= 0.6 is 0 Å². The topological polar surface area (TPSA) is 56.7 Å². The summed E-state index contributed by atoms with van der Waals surface area (Å²) in [6.07, 6.45) is 2.54. The lowest BCUT2D eigenvalue weighted by atomic mass is 10.1. The number of carbonyl (C=O) groups is 1. The number of aliphatic carboxylic acids is 1. The average molecular weight is 359 g/mol. The lowest BCUT2D eigenvalue weighted by Crippen LogP contribution is -2.80. The fourth-order valence-corrected chi connectivity index (χ4v) is 2.57. The molecular formula is C24H25NO2. The van der Waals surface area contributed by atoms with Gasteiger partial charge in [-0.2, -0.15) is 0 Å². The predicted octanol–water partition coefficient (Wildman–Crippen LogP) is 2.71. The van der Waals surface area contributed by atoms with Gasteiger partial charge in [0.25, 0.3) is 0 Å². The number of quaternary nitrogens is 1. The molecule has 0 spiro atoms. The molecule has 0 aliphatic carbocycles. The van der Waals surface area contributed by atoms with E-state index in [1.165, 1.54) is 17.2 Å². The molecule has 0 saturated heterocycles. The number of rotatable bonds is 6. The molecule has 0 amide bonds. The summed E-state index contributed by atoms with van der Waals surface area (Å²) < 4.78 is 0. The van der Waals surface area contributed by atoms with Gasteiger partial charge in [-0.15, -0.1) is 0 Å². The normalized spacial score (nSPS) is 10.3.